The number of hydrogen-bond donors (Lipinski definition) is 2. The molecule has 2 atom stereocenters. The van der Waals surface area contributed by atoms with Crippen LogP contribution < -0.4 is 14.9 Å². The van der Waals surface area contributed by atoms with Crippen LogP contribution in [0.4, 0.5) is 16.2 Å². The van der Waals surface area contributed by atoms with E-state index >= 15 is 0 Å². The molecule has 1 saturated carbocycles. The average molecular weight is 512 g/mol. The zero-order valence-electron chi connectivity index (χ0n) is 21.1. The lowest BCUT2D eigenvalue weighted by Crippen LogP contribution is -2.38. The van der Waals surface area contributed by atoms with Crippen LogP contribution in [0, 0.1) is 11.3 Å². The SMILES string of the molecule is CC(C)C1COC(=O)N1c1cccc(C2Nc3ccc(C(=O)NS(=O)(=O)C4CC4)cc3CC2(C)C)c1. The minimum atomic E-state index is -3.60. The van der Waals surface area contributed by atoms with Crippen molar-refractivity contribution >= 4 is 33.4 Å². The number of fused-ring (bicyclic) bond motifs is 1. The number of carbonyl (C=O) groups is 2. The van der Waals surface area contributed by atoms with E-state index in [9.17, 15) is 18.0 Å². The first kappa shape index (κ1) is 24.6. The molecule has 2 amide bonds. The first-order chi connectivity index (χ1) is 17.0. The zero-order valence-corrected chi connectivity index (χ0v) is 21.9. The van der Waals surface area contributed by atoms with Gasteiger partial charge in [-0.3, -0.25) is 9.69 Å². The van der Waals surface area contributed by atoms with Crippen molar-refractivity contribution in [3.05, 3.63) is 59.2 Å². The molecule has 0 spiro atoms. The number of ether oxygens (including phenoxy) is 1. The third-order valence-electron chi connectivity index (χ3n) is 7.45. The molecular formula is C27H33N3O5S. The van der Waals surface area contributed by atoms with E-state index in [2.05, 4.69) is 49.9 Å². The summed E-state index contributed by atoms with van der Waals surface area (Å²) in [6, 6.07) is 13.3. The molecule has 0 bridgehead atoms. The number of benzene rings is 2. The molecule has 0 radical (unpaired) electrons. The number of carbonyl (C=O) groups excluding carboxylic acids is 2. The molecule has 1 saturated heterocycles. The van der Waals surface area contributed by atoms with Gasteiger partial charge < -0.3 is 10.1 Å². The van der Waals surface area contributed by atoms with E-state index < -0.39 is 21.2 Å². The molecule has 1 aliphatic carbocycles. The van der Waals surface area contributed by atoms with Gasteiger partial charge in [0.05, 0.1) is 17.3 Å². The Morgan fingerprint density at radius 3 is 2.61 bits per heavy atom. The van der Waals surface area contributed by atoms with Gasteiger partial charge in [-0.2, -0.15) is 0 Å². The highest BCUT2D eigenvalue weighted by Gasteiger charge is 2.40. The Morgan fingerprint density at radius 1 is 1.17 bits per heavy atom. The van der Waals surface area contributed by atoms with Gasteiger partial charge in [-0.05, 0) is 72.1 Å². The molecule has 8 nitrogen and oxygen atoms in total. The number of amides is 2. The number of nitrogens with one attached hydrogen (secondary N) is 2. The molecule has 0 aromatic heterocycles. The third-order valence-corrected chi connectivity index (χ3v) is 9.27. The largest absolute Gasteiger partial charge is 0.447 e. The summed E-state index contributed by atoms with van der Waals surface area (Å²) in [5.74, 6) is -0.323. The van der Waals surface area contributed by atoms with Crippen molar-refractivity contribution < 1.29 is 22.7 Å². The fourth-order valence-corrected chi connectivity index (χ4v) is 6.53. The summed E-state index contributed by atoms with van der Waals surface area (Å²) < 4.78 is 31.9. The number of nitrogens with zero attached hydrogens (tertiary/aromatic N) is 1. The van der Waals surface area contributed by atoms with Crippen molar-refractivity contribution in [1.29, 1.82) is 0 Å². The standard InChI is InChI=1S/C27H33N3O5S/c1-16(2)23-15-35-26(32)30(23)20-7-5-6-17(13-20)24-27(3,4)14-19-12-18(8-11-22(19)28-24)25(31)29-36(33,34)21-9-10-21/h5-8,11-13,16,21,23-24,28H,9-10,14-15H2,1-4H3,(H,29,31). The van der Waals surface area contributed by atoms with E-state index in [-0.39, 0.29) is 29.5 Å². The van der Waals surface area contributed by atoms with Gasteiger partial charge >= 0.3 is 6.09 Å². The summed E-state index contributed by atoms with van der Waals surface area (Å²) in [5, 5.41) is 3.17. The Labute approximate surface area is 212 Å². The normalized spacial score (nSPS) is 23.1. The highest BCUT2D eigenvalue weighted by molar-refractivity contribution is 7.91. The Kier molecular flexibility index (Phi) is 6.01. The van der Waals surface area contributed by atoms with Crippen molar-refractivity contribution in [1.82, 2.24) is 4.72 Å². The second kappa shape index (κ2) is 8.80. The molecule has 36 heavy (non-hydrogen) atoms. The van der Waals surface area contributed by atoms with Crippen molar-refractivity contribution in [2.75, 3.05) is 16.8 Å². The monoisotopic (exact) mass is 511 g/mol. The fraction of sp³-hybridized carbons (Fsp3) is 0.481. The van der Waals surface area contributed by atoms with Crippen LogP contribution in [0.5, 0.6) is 0 Å². The highest BCUT2D eigenvalue weighted by atomic mass is 32.2. The zero-order chi connectivity index (χ0) is 25.8. The lowest BCUT2D eigenvalue weighted by Gasteiger charge is -2.41. The molecular weight excluding hydrogens is 478 g/mol. The maximum absolute atomic E-state index is 12.6. The van der Waals surface area contributed by atoms with Crippen LogP contribution >= 0.6 is 0 Å². The highest BCUT2D eigenvalue weighted by Crippen LogP contribution is 2.46. The molecule has 2 aromatic rings. The smallest absolute Gasteiger partial charge is 0.414 e. The number of cyclic esters (lactones) is 1. The van der Waals surface area contributed by atoms with Crippen LogP contribution in [0.15, 0.2) is 42.5 Å². The van der Waals surface area contributed by atoms with E-state index in [0.717, 1.165) is 22.5 Å². The second-order valence-electron chi connectivity index (χ2n) is 11.1. The molecule has 2 N–H and O–H groups in total. The van der Waals surface area contributed by atoms with Crippen LogP contribution in [0.1, 0.15) is 68.1 Å². The van der Waals surface area contributed by atoms with Crippen LogP contribution in [0.3, 0.4) is 0 Å². The van der Waals surface area contributed by atoms with Crippen LogP contribution in [0.2, 0.25) is 0 Å². The van der Waals surface area contributed by atoms with E-state index in [1.165, 1.54) is 0 Å². The molecule has 192 valence electrons. The quantitative estimate of drug-likeness (QED) is 0.586. The van der Waals surface area contributed by atoms with E-state index in [1.807, 2.05) is 18.2 Å². The summed E-state index contributed by atoms with van der Waals surface area (Å²) in [6.07, 6.45) is 1.58. The van der Waals surface area contributed by atoms with Gasteiger partial charge in [0, 0.05) is 16.9 Å². The lowest BCUT2D eigenvalue weighted by molar-refractivity contribution is 0.0981. The van der Waals surface area contributed by atoms with Crippen molar-refractivity contribution in [3.8, 4) is 0 Å². The maximum atomic E-state index is 12.6. The van der Waals surface area contributed by atoms with Gasteiger partial charge in [0.25, 0.3) is 5.91 Å². The fourth-order valence-electron chi connectivity index (χ4n) is 5.23. The van der Waals surface area contributed by atoms with Gasteiger partial charge in [-0.1, -0.05) is 39.8 Å². The summed E-state index contributed by atoms with van der Waals surface area (Å²) in [7, 11) is -3.60. The predicted molar refractivity (Wildman–Crippen MR) is 139 cm³/mol. The predicted octanol–water partition coefficient (Wildman–Crippen LogP) is 4.63. The van der Waals surface area contributed by atoms with Crippen molar-refractivity contribution in [2.24, 2.45) is 11.3 Å². The van der Waals surface area contributed by atoms with Crippen LogP contribution in [-0.2, 0) is 21.2 Å². The average Bonchev–Trinajstić information content (AvgIpc) is 3.60. The molecule has 2 unspecified atom stereocenters. The van der Waals surface area contributed by atoms with Gasteiger partial charge in [0.15, 0.2) is 0 Å². The van der Waals surface area contributed by atoms with Crippen molar-refractivity contribution in [2.45, 2.75) is 64.3 Å². The second-order valence-corrected chi connectivity index (χ2v) is 13.1. The molecule has 2 aromatic carbocycles. The minimum absolute atomic E-state index is 0.00547. The Hall–Kier alpha value is -3.07. The maximum Gasteiger partial charge on any atom is 0.414 e. The lowest BCUT2D eigenvalue weighted by atomic mass is 9.72. The summed E-state index contributed by atoms with van der Waals surface area (Å²) in [4.78, 5) is 26.9. The molecule has 3 aliphatic rings. The van der Waals surface area contributed by atoms with Gasteiger partial charge in [0.2, 0.25) is 10.0 Å². The summed E-state index contributed by atoms with van der Waals surface area (Å²) in [5.41, 5.74) is 3.87. The first-order valence-electron chi connectivity index (χ1n) is 12.5. The van der Waals surface area contributed by atoms with E-state index in [4.69, 9.17) is 4.74 Å². The van der Waals surface area contributed by atoms with Crippen LogP contribution in [0.25, 0.3) is 0 Å². The topological polar surface area (TPSA) is 105 Å². The molecule has 2 fully saturated rings. The van der Waals surface area contributed by atoms with Crippen LogP contribution in [-0.4, -0.2) is 38.3 Å². The first-order valence-corrected chi connectivity index (χ1v) is 14.0. The summed E-state index contributed by atoms with van der Waals surface area (Å²) >= 11 is 0. The third kappa shape index (κ3) is 4.56. The molecule has 2 aliphatic heterocycles. The molecule has 5 rings (SSSR count). The van der Waals surface area contributed by atoms with Crippen molar-refractivity contribution in [3.63, 3.8) is 0 Å². The van der Waals surface area contributed by atoms with Gasteiger partial charge in [-0.25, -0.2) is 17.9 Å². The number of sulfonamides is 1. The number of anilines is 2. The molecule has 9 heteroatoms. The minimum Gasteiger partial charge on any atom is -0.447 e. The van der Waals surface area contributed by atoms with Gasteiger partial charge in [-0.15, -0.1) is 0 Å². The Balaban J connectivity index is 1.40. The number of hydrogen-bond acceptors (Lipinski definition) is 6. The Bertz CT molecular complexity index is 1320. The summed E-state index contributed by atoms with van der Waals surface area (Å²) in [6.45, 7) is 8.88. The molecule has 2 heterocycles. The Morgan fingerprint density at radius 2 is 1.92 bits per heavy atom. The number of rotatable bonds is 6. The van der Waals surface area contributed by atoms with E-state index in [0.29, 0.717) is 31.4 Å². The van der Waals surface area contributed by atoms with E-state index in [1.54, 1.807) is 17.0 Å². The van der Waals surface area contributed by atoms with Gasteiger partial charge in [0.1, 0.15) is 6.61 Å².